The van der Waals surface area contributed by atoms with Gasteiger partial charge in [-0.3, -0.25) is 0 Å². The van der Waals surface area contributed by atoms with E-state index >= 15 is 0 Å². The summed E-state index contributed by atoms with van der Waals surface area (Å²) in [6, 6.07) is 6.52. The summed E-state index contributed by atoms with van der Waals surface area (Å²) >= 11 is 0. The molecule has 2 N–H and O–H groups in total. The molecule has 0 amide bonds. The topological polar surface area (TPSA) is 78.6 Å². The van der Waals surface area contributed by atoms with Crippen LogP contribution in [-0.2, 0) is 19.0 Å². The highest BCUT2D eigenvalue weighted by Crippen LogP contribution is 2.23. The Bertz CT molecular complexity index is 556. The van der Waals surface area contributed by atoms with Crippen molar-refractivity contribution in [3.05, 3.63) is 29.8 Å². The van der Waals surface area contributed by atoms with Crippen molar-refractivity contribution in [1.29, 1.82) is 0 Å². The second-order valence-corrected chi connectivity index (χ2v) is 7.20. The number of aryl methyl sites for hydroxylation is 1. The summed E-state index contributed by atoms with van der Waals surface area (Å²) < 4.78 is 34.9. The lowest BCUT2D eigenvalue weighted by Crippen LogP contribution is -2.28. The Morgan fingerprint density at radius 3 is 2.57 bits per heavy atom. The molecule has 0 spiro atoms. The highest BCUT2D eigenvalue weighted by Gasteiger charge is 2.24. The normalized spacial score (nSPS) is 24.1. The van der Waals surface area contributed by atoms with Crippen molar-refractivity contribution in [2.24, 2.45) is 5.73 Å². The van der Waals surface area contributed by atoms with E-state index in [1.807, 2.05) is 13.8 Å². The zero-order chi connectivity index (χ0) is 15.5. The number of hydrogen-bond donors (Lipinski definition) is 1. The molecule has 1 aromatic rings. The molecule has 1 heterocycles. The van der Waals surface area contributed by atoms with Crippen molar-refractivity contribution in [3.63, 3.8) is 0 Å². The Hall–Kier alpha value is -0.950. The molecule has 1 saturated heterocycles. The van der Waals surface area contributed by atoms with Gasteiger partial charge in [0.15, 0.2) is 0 Å². The van der Waals surface area contributed by atoms with Gasteiger partial charge in [0.2, 0.25) is 0 Å². The summed E-state index contributed by atoms with van der Waals surface area (Å²) in [6.45, 7) is 3.93. The summed E-state index contributed by atoms with van der Waals surface area (Å²) in [5.74, 6) is 0. The molecule has 3 atom stereocenters. The maximum Gasteiger partial charge on any atom is 0.298 e. The first kappa shape index (κ1) is 16.4. The minimum Gasteiger partial charge on any atom is -0.375 e. The fourth-order valence-electron chi connectivity index (χ4n) is 2.42. The highest BCUT2D eigenvalue weighted by atomic mass is 32.2. The number of nitrogens with two attached hydrogens (primary N) is 1. The Kier molecular flexibility index (Phi) is 5.37. The third-order valence-electron chi connectivity index (χ3n) is 3.65. The lowest BCUT2D eigenvalue weighted by Gasteiger charge is -2.16. The van der Waals surface area contributed by atoms with Crippen LogP contribution in [0.15, 0.2) is 29.2 Å². The first-order chi connectivity index (χ1) is 9.87. The largest absolute Gasteiger partial charge is 0.375 e. The molecule has 5 nitrogen and oxygen atoms in total. The zero-order valence-corrected chi connectivity index (χ0v) is 13.3. The van der Waals surface area contributed by atoms with Crippen LogP contribution in [0, 0.1) is 6.92 Å². The predicted octanol–water partition coefficient (Wildman–Crippen LogP) is 2.33. The van der Waals surface area contributed by atoms with Crippen LogP contribution in [0.5, 0.6) is 0 Å². The van der Waals surface area contributed by atoms with Gasteiger partial charge >= 0.3 is 0 Å². The summed E-state index contributed by atoms with van der Waals surface area (Å²) in [5, 5.41) is 0. The van der Waals surface area contributed by atoms with Crippen molar-refractivity contribution in [2.75, 3.05) is 0 Å². The third-order valence-corrected chi connectivity index (χ3v) is 5.00. The molecule has 1 unspecified atom stereocenters. The minimum atomic E-state index is -3.80. The lowest BCUT2D eigenvalue weighted by molar-refractivity contribution is 0.0426. The van der Waals surface area contributed by atoms with Gasteiger partial charge < -0.3 is 10.5 Å². The standard InChI is InChI=1S/C15H23NO4S/c1-11-3-8-14(9-4-11)21(17,18)20-15(16)10-7-13-6-5-12(2)19-13/h3-4,8-9,12-13,15H,5-7,10,16H2,1-2H3/t12-,13-,15?/m1/s1. The quantitative estimate of drug-likeness (QED) is 0.644. The van der Waals surface area contributed by atoms with Crippen LogP contribution in [0.4, 0.5) is 0 Å². The van der Waals surface area contributed by atoms with Gasteiger partial charge in [-0.1, -0.05) is 17.7 Å². The summed E-state index contributed by atoms with van der Waals surface area (Å²) in [4.78, 5) is 0.134. The molecule has 0 bridgehead atoms. The fraction of sp³-hybridized carbons (Fsp3) is 0.600. The molecule has 2 rings (SSSR count). The van der Waals surface area contributed by atoms with E-state index in [4.69, 9.17) is 14.7 Å². The molecule has 0 aliphatic carbocycles. The van der Waals surface area contributed by atoms with Crippen LogP contribution in [0.3, 0.4) is 0 Å². The molecular formula is C15H23NO4S. The predicted molar refractivity (Wildman–Crippen MR) is 80.2 cm³/mol. The molecule has 0 aromatic heterocycles. The second kappa shape index (κ2) is 6.87. The summed E-state index contributed by atoms with van der Waals surface area (Å²) in [7, 11) is -3.80. The molecule has 21 heavy (non-hydrogen) atoms. The molecule has 1 aliphatic heterocycles. The van der Waals surface area contributed by atoms with E-state index in [2.05, 4.69) is 0 Å². The van der Waals surface area contributed by atoms with Gasteiger partial charge in [0.1, 0.15) is 6.23 Å². The minimum absolute atomic E-state index is 0.134. The van der Waals surface area contributed by atoms with Crippen LogP contribution in [0.2, 0.25) is 0 Å². The van der Waals surface area contributed by atoms with Gasteiger partial charge in [-0.05, 0) is 51.7 Å². The van der Waals surface area contributed by atoms with Crippen LogP contribution in [0.1, 0.15) is 38.2 Å². The number of hydrogen-bond acceptors (Lipinski definition) is 5. The van der Waals surface area contributed by atoms with Crippen molar-refractivity contribution in [3.8, 4) is 0 Å². The summed E-state index contributed by atoms with van der Waals surface area (Å²) in [6.07, 6.45) is 2.83. The third kappa shape index (κ3) is 4.78. The van der Waals surface area contributed by atoms with Gasteiger partial charge in [-0.15, -0.1) is 0 Å². The van der Waals surface area contributed by atoms with Crippen molar-refractivity contribution in [1.82, 2.24) is 0 Å². The van der Waals surface area contributed by atoms with E-state index < -0.39 is 16.3 Å². The van der Waals surface area contributed by atoms with Gasteiger partial charge in [0.25, 0.3) is 10.1 Å². The van der Waals surface area contributed by atoms with Crippen molar-refractivity contribution in [2.45, 2.75) is 62.9 Å². The number of rotatable bonds is 6. The smallest absolute Gasteiger partial charge is 0.298 e. The Balaban J connectivity index is 1.86. The Morgan fingerprint density at radius 2 is 2.00 bits per heavy atom. The molecule has 6 heteroatoms. The zero-order valence-electron chi connectivity index (χ0n) is 12.5. The van der Waals surface area contributed by atoms with E-state index in [0.717, 1.165) is 24.8 Å². The average Bonchev–Trinajstić information content (AvgIpc) is 2.82. The second-order valence-electron chi connectivity index (χ2n) is 5.63. The van der Waals surface area contributed by atoms with Gasteiger partial charge in [0.05, 0.1) is 17.1 Å². The summed E-state index contributed by atoms with van der Waals surface area (Å²) in [5.41, 5.74) is 6.77. The maximum absolute atomic E-state index is 12.1. The van der Waals surface area contributed by atoms with Crippen LogP contribution >= 0.6 is 0 Å². The molecule has 0 saturated carbocycles. The van der Waals surface area contributed by atoms with E-state index in [0.29, 0.717) is 6.42 Å². The fourth-order valence-corrected chi connectivity index (χ4v) is 3.42. The molecule has 118 valence electrons. The molecular weight excluding hydrogens is 290 g/mol. The van der Waals surface area contributed by atoms with Crippen molar-refractivity contribution < 1.29 is 17.3 Å². The highest BCUT2D eigenvalue weighted by molar-refractivity contribution is 7.86. The molecule has 1 aromatic carbocycles. The van der Waals surface area contributed by atoms with Crippen LogP contribution < -0.4 is 5.73 Å². The van der Waals surface area contributed by atoms with Crippen molar-refractivity contribution >= 4 is 10.1 Å². The Labute approximate surface area is 126 Å². The van der Waals surface area contributed by atoms with Gasteiger partial charge in [0, 0.05) is 0 Å². The average molecular weight is 313 g/mol. The van der Waals surface area contributed by atoms with E-state index in [1.165, 1.54) is 12.1 Å². The lowest BCUT2D eigenvalue weighted by atomic mass is 10.1. The van der Waals surface area contributed by atoms with Gasteiger partial charge in [-0.2, -0.15) is 8.42 Å². The molecule has 0 radical (unpaired) electrons. The molecule has 1 fully saturated rings. The first-order valence-electron chi connectivity index (χ1n) is 7.28. The van der Waals surface area contributed by atoms with E-state index in [9.17, 15) is 8.42 Å². The maximum atomic E-state index is 12.1. The first-order valence-corrected chi connectivity index (χ1v) is 8.68. The number of ether oxygens (including phenoxy) is 1. The monoisotopic (exact) mass is 313 g/mol. The van der Waals surface area contributed by atoms with E-state index in [-0.39, 0.29) is 17.1 Å². The van der Waals surface area contributed by atoms with Crippen LogP contribution in [0.25, 0.3) is 0 Å². The Morgan fingerprint density at radius 1 is 1.33 bits per heavy atom. The van der Waals surface area contributed by atoms with Gasteiger partial charge in [-0.25, -0.2) is 4.18 Å². The molecule has 1 aliphatic rings. The number of benzene rings is 1. The SMILES string of the molecule is Cc1ccc(S(=O)(=O)OC(N)CC[C@H]2CC[C@@H](C)O2)cc1. The van der Waals surface area contributed by atoms with E-state index in [1.54, 1.807) is 12.1 Å². The van der Waals surface area contributed by atoms with Crippen LogP contribution in [-0.4, -0.2) is 26.9 Å².